The highest BCUT2D eigenvalue weighted by Crippen LogP contribution is 2.40. The van der Waals surface area contributed by atoms with Gasteiger partial charge in [-0.3, -0.25) is 24.0 Å². The maximum Gasteiger partial charge on any atom is 0.490 e. The van der Waals surface area contributed by atoms with Gasteiger partial charge >= 0.3 is 17.8 Å². The highest BCUT2D eigenvalue weighted by atomic mass is 35.5. The SMILES string of the molecule is CCOc1c(Cl)cc(C(C)(C)c2ccc(OCc3ccnc(N4CCC(CN5CCC(C6CCN(c7ccc8c(c7)n(C)c(=O)n8C7CCC(=O)NC7=O)CC6)CC5)CC4)n3)cc2)cc1C#N.O=C(O)C(F)(F)F. The van der Waals surface area contributed by atoms with Gasteiger partial charge in [0, 0.05) is 63.5 Å². The zero-order valence-corrected chi connectivity index (χ0v) is 42.9. The standard InChI is InChI=1S/C52H62ClN9O5.C2HF3O2/c1-5-66-48-37(31-54)28-39(29-43(48)53)52(2,3)38-6-9-42(10-7-38)67-33-40-14-21-55-50(56-40)61-24-15-34(16-25-61)32-59-22-17-35(18-23-59)36-19-26-60(27-20-36)41-8-11-44-46(30-41)58(4)51(65)62(44)45-12-13-47(63)57-49(45)64;3-2(4,5)1(6)7/h6-11,14,21,28-30,34-36,45H,5,12-13,15-20,22-27,32-33H2,1-4H3,(H,57,63,64);(H,6,7). The average molecular weight is 1040 g/mol. The molecule has 4 aliphatic rings. The summed E-state index contributed by atoms with van der Waals surface area (Å²) < 4.78 is 46.7. The first-order valence-electron chi connectivity index (χ1n) is 25.3. The lowest BCUT2D eigenvalue weighted by molar-refractivity contribution is -0.192. The smallest absolute Gasteiger partial charge is 0.490 e. The fraction of sp³-hybridized carbons (Fsp3) is 0.500. The van der Waals surface area contributed by atoms with Crippen molar-refractivity contribution in [2.75, 3.05) is 62.2 Å². The molecular formula is C54H63ClF3N9O7. The molecule has 16 nitrogen and oxygen atoms in total. The van der Waals surface area contributed by atoms with Crippen molar-refractivity contribution in [3.63, 3.8) is 0 Å². The fourth-order valence-corrected chi connectivity index (χ4v) is 11.2. The minimum Gasteiger partial charge on any atom is -0.491 e. The molecule has 4 saturated heterocycles. The van der Waals surface area contributed by atoms with E-state index in [1.807, 2.05) is 49.5 Å². The Bertz CT molecular complexity index is 2930. The number of carbonyl (C=O) groups excluding carboxylic acids is 2. The highest BCUT2D eigenvalue weighted by molar-refractivity contribution is 6.32. The normalized spacial score (nSPS) is 18.7. The van der Waals surface area contributed by atoms with E-state index < -0.39 is 29.5 Å². The number of nitriles is 1. The van der Waals surface area contributed by atoms with Crippen molar-refractivity contribution in [2.24, 2.45) is 24.8 Å². The molecule has 394 valence electrons. The van der Waals surface area contributed by atoms with Crippen LogP contribution < -0.4 is 30.3 Å². The number of ether oxygens (including phenoxy) is 2. The topological polar surface area (TPSA) is 188 Å². The van der Waals surface area contributed by atoms with Crippen molar-refractivity contribution >= 4 is 52.1 Å². The fourth-order valence-electron chi connectivity index (χ4n) is 10.9. The van der Waals surface area contributed by atoms with Gasteiger partial charge in [0.15, 0.2) is 5.75 Å². The predicted molar refractivity (Wildman–Crippen MR) is 274 cm³/mol. The summed E-state index contributed by atoms with van der Waals surface area (Å²) in [5, 5.41) is 19.7. The Hall–Kier alpha value is -6.65. The molecule has 0 saturated carbocycles. The van der Waals surface area contributed by atoms with E-state index in [0.717, 1.165) is 103 Å². The number of likely N-dealkylation sites (tertiary alicyclic amines) is 1. The van der Waals surface area contributed by atoms with Crippen LogP contribution in [0.5, 0.6) is 11.5 Å². The number of alkyl halides is 3. The Morgan fingerprint density at radius 3 is 2.12 bits per heavy atom. The minimum absolute atomic E-state index is 0.230. The van der Waals surface area contributed by atoms with E-state index >= 15 is 0 Å². The number of fused-ring (bicyclic) bond motifs is 1. The third-order valence-electron chi connectivity index (χ3n) is 15.3. The van der Waals surface area contributed by atoms with Crippen LogP contribution in [-0.2, 0) is 33.5 Å². The van der Waals surface area contributed by atoms with Crippen molar-refractivity contribution in [1.82, 2.24) is 29.3 Å². The molecule has 20 heteroatoms. The first kappa shape index (κ1) is 53.6. The van der Waals surface area contributed by atoms with E-state index in [1.165, 1.54) is 38.8 Å². The number of aromatic nitrogens is 4. The van der Waals surface area contributed by atoms with Gasteiger partial charge in [0.2, 0.25) is 17.8 Å². The van der Waals surface area contributed by atoms with Crippen LogP contribution in [0.3, 0.4) is 0 Å². The quantitative estimate of drug-likeness (QED) is 0.107. The molecule has 1 unspecified atom stereocenters. The highest BCUT2D eigenvalue weighted by Gasteiger charge is 2.38. The summed E-state index contributed by atoms with van der Waals surface area (Å²) in [4.78, 5) is 63.6. The van der Waals surface area contributed by atoms with Crippen LogP contribution in [-0.4, -0.2) is 105 Å². The van der Waals surface area contributed by atoms with Gasteiger partial charge in [-0.2, -0.15) is 18.4 Å². The Labute approximate surface area is 433 Å². The number of carboxylic acids is 1. The molecule has 5 aromatic rings. The second-order valence-electron chi connectivity index (χ2n) is 20.2. The van der Waals surface area contributed by atoms with E-state index in [2.05, 4.69) is 69.2 Å². The van der Waals surface area contributed by atoms with Gasteiger partial charge in [-0.25, -0.2) is 19.6 Å². The van der Waals surface area contributed by atoms with Gasteiger partial charge in [-0.1, -0.05) is 37.6 Å². The summed E-state index contributed by atoms with van der Waals surface area (Å²) in [7, 11) is 1.76. The summed E-state index contributed by atoms with van der Waals surface area (Å²) in [5.74, 6) is 0.666. The molecule has 9 rings (SSSR count). The Balaban J connectivity index is 0.000000972. The van der Waals surface area contributed by atoms with Crippen molar-refractivity contribution in [1.29, 1.82) is 5.26 Å². The molecule has 2 aromatic heterocycles. The number of piperidine rings is 4. The maximum atomic E-state index is 13.3. The van der Waals surface area contributed by atoms with E-state index in [9.17, 15) is 32.8 Å². The molecule has 74 heavy (non-hydrogen) atoms. The Morgan fingerprint density at radius 2 is 1.50 bits per heavy atom. The molecule has 2 N–H and O–H groups in total. The zero-order chi connectivity index (χ0) is 52.9. The van der Waals surface area contributed by atoms with Crippen LogP contribution in [0.2, 0.25) is 5.02 Å². The van der Waals surface area contributed by atoms with Gasteiger partial charge in [0.25, 0.3) is 0 Å². The molecule has 4 fully saturated rings. The number of carbonyl (C=O) groups is 3. The molecule has 0 spiro atoms. The number of nitrogens with zero attached hydrogens (tertiary/aromatic N) is 8. The Kier molecular flexibility index (Phi) is 16.6. The number of imidazole rings is 1. The Morgan fingerprint density at radius 1 is 0.851 bits per heavy atom. The number of imide groups is 1. The van der Waals surface area contributed by atoms with Crippen LogP contribution in [0.1, 0.15) is 101 Å². The predicted octanol–water partition coefficient (Wildman–Crippen LogP) is 8.41. The van der Waals surface area contributed by atoms with Crippen LogP contribution in [0.15, 0.2) is 71.7 Å². The summed E-state index contributed by atoms with van der Waals surface area (Å²) in [6.07, 6.45) is 4.45. The van der Waals surface area contributed by atoms with Crippen molar-refractivity contribution in [3.05, 3.63) is 105 Å². The lowest BCUT2D eigenvalue weighted by Gasteiger charge is -2.42. The summed E-state index contributed by atoms with van der Waals surface area (Å²) in [6.45, 7) is 14.3. The molecular weight excluding hydrogens is 979 g/mol. The number of aryl methyl sites for hydroxylation is 1. The van der Waals surface area contributed by atoms with E-state index in [-0.39, 0.29) is 18.0 Å². The summed E-state index contributed by atoms with van der Waals surface area (Å²) in [5.41, 5.74) is 5.28. The van der Waals surface area contributed by atoms with Gasteiger partial charge in [-0.15, -0.1) is 0 Å². The van der Waals surface area contributed by atoms with Crippen LogP contribution in [0, 0.1) is 29.1 Å². The maximum absolute atomic E-state index is 13.3. The largest absolute Gasteiger partial charge is 0.491 e. The lowest BCUT2D eigenvalue weighted by Crippen LogP contribution is -2.44. The summed E-state index contributed by atoms with van der Waals surface area (Å²) in [6, 6.07) is 21.4. The van der Waals surface area contributed by atoms with Gasteiger partial charge in [0.05, 0.1) is 33.9 Å². The number of rotatable bonds is 13. The molecule has 0 radical (unpaired) electrons. The number of anilines is 2. The third kappa shape index (κ3) is 12.1. The number of amides is 2. The van der Waals surface area contributed by atoms with Gasteiger partial charge in [0.1, 0.15) is 24.5 Å². The number of hydrogen-bond donors (Lipinski definition) is 2. The minimum atomic E-state index is -5.08. The number of halogens is 4. The molecule has 4 aliphatic heterocycles. The number of hydrogen-bond acceptors (Lipinski definition) is 12. The van der Waals surface area contributed by atoms with Crippen LogP contribution in [0.25, 0.3) is 11.0 Å². The second-order valence-corrected chi connectivity index (χ2v) is 20.6. The third-order valence-corrected chi connectivity index (χ3v) is 15.6. The van der Waals surface area contributed by atoms with Gasteiger partial charge < -0.3 is 29.3 Å². The van der Waals surface area contributed by atoms with Gasteiger partial charge in [-0.05, 0) is 142 Å². The van der Waals surface area contributed by atoms with E-state index in [0.29, 0.717) is 41.9 Å². The molecule has 6 heterocycles. The molecule has 2 amide bonds. The number of benzene rings is 3. The second kappa shape index (κ2) is 22.9. The van der Waals surface area contributed by atoms with E-state index in [1.54, 1.807) is 16.2 Å². The first-order chi connectivity index (χ1) is 35.3. The molecule has 1 atom stereocenters. The van der Waals surface area contributed by atoms with E-state index in [4.69, 9.17) is 36.0 Å². The summed E-state index contributed by atoms with van der Waals surface area (Å²) >= 11 is 6.56. The number of carboxylic acid groups (broad SMARTS) is 1. The van der Waals surface area contributed by atoms with Crippen LogP contribution >= 0.6 is 11.6 Å². The van der Waals surface area contributed by atoms with Crippen molar-refractivity contribution in [2.45, 2.75) is 96.4 Å². The lowest BCUT2D eigenvalue weighted by atomic mass is 9.77. The molecule has 3 aromatic carbocycles. The molecule has 0 bridgehead atoms. The monoisotopic (exact) mass is 1040 g/mol. The molecule has 0 aliphatic carbocycles. The van der Waals surface area contributed by atoms with Crippen LogP contribution in [0.4, 0.5) is 24.8 Å². The zero-order valence-electron chi connectivity index (χ0n) is 42.2. The average Bonchev–Trinajstić information content (AvgIpc) is 3.64. The number of nitrogens with one attached hydrogen (secondary N) is 1. The van der Waals surface area contributed by atoms with Crippen molar-refractivity contribution in [3.8, 4) is 17.6 Å². The first-order valence-corrected chi connectivity index (χ1v) is 25.7. The number of aliphatic carboxylic acids is 1. The van der Waals surface area contributed by atoms with Crippen molar-refractivity contribution < 1.29 is 42.1 Å².